The minimum atomic E-state index is 0.423. The van der Waals surface area contributed by atoms with Gasteiger partial charge in [0.2, 0.25) is 0 Å². The van der Waals surface area contributed by atoms with Crippen LogP contribution in [-0.4, -0.2) is 15.0 Å². The molecule has 5 heteroatoms. The smallest absolute Gasteiger partial charge is 0.177 e. The zero-order valence-electron chi connectivity index (χ0n) is 8.61. The number of nitrogens with zero attached hydrogens (tertiary/aromatic N) is 2. The van der Waals surface area contributed by atoms with Crippen molar-refractivity contribution < 1.29 is 0 Å². The normalized spacial score (nSPS) is 10.9. The second kappa shape index (κ2) is 4.02. The molecule has 0 radical (unpaired) electrons. The van der Waals surface area contributed by atoms with Gasteiger partial charge in [-0.3, -0.25) is 0 Å². The van der Waals surface area contributed by atoms with E-state index < -0.39 is 0 Å². The molecule has 0 saturated carbocycles. The first-order valence-corrected chi connectivity index (χ1v) is 5.75. The van der Waals surface area contributed by atoms with Crippen LogP contribution in [0.25, 0.3) is 22.4 Å². The number of hydrogen-bond acceptors (Lipinski definition) is 2. The summed E-state index contributed by atoms with van der Waals surface area (Å²) in [5, 5.41) is 2.15. The Balaban J connectivity index is 2.18. The molecule has 1 N–H and O–H groups in total. The first-order valence-electron chi connectivity index (χ1n) is 4.99. The summed E-state index contributed by atoms with van der Waals surface area (Å²) in [5.74, 6) is 0.574. The van der Waals surface area contributed by atoms with Gasteiger partial charge in [0.15, 0.2) is 5.82 Å². The molecule has 0 unspecified atom stereocenters. The number of H-pyrrole nitrogens is 1. The molecule has 0 aliphatic carbocycles. The van der Waals surface area contributed by atoms with Crippen molar-refractivity contribution in [1.82, 2.24) is 15.0 Å². The minimum absolute atomic E-state index is 0.423. The van der Waals surface area contributed by atoms with Crippen molar-refractivity contribution in [2.24, 2.45) is 0 Å². The fourth-order valence-electron chi connectivity index (χ4n) is 1.69. The molecule has 0 aliphatic heterocycles. The predicted octanol–water partition coefficient (Wildman–Crippen LogP) is 3.93. The van der Waals surface area contributed by atoms with E-state index in [0.29, 0.717) is 16.0 Å². The molecule has 2 aromatic heterocycles. The molecule has 3 aromatic rings. The average molecular weight is 264 g/mol. The van der Waals surface area contributed by atoms with Crippen molar-refractivity contribution >= 4 is 34.1 Å². The predicted molar refractivity (Wildman–Crippen MR) is 69.3 cm³/mol. The third kappa shape index (κ3) is 1.99. The van der Waals surface area contributed by atoms with E-state index in [1.807, 2.05) is 24.3 Å². The summed E-state index contributed by atoms with van der Waals surface area (Å²) in [6.45, 7) is 0. The molecule has 17 heavy (non-hydrogen) atoms. The fourth-order valence-corrected chi connectivity index (χ4v) is 2.01. The zero-order valence-corrected chi connectivity index (χ0v) is 10.1. The molecule has 0 amide bonds. The number of benzene rings is 1. The molecular weight excluding hydrogens is 257 g/mol. The number of hydrogen-bond donors (Lipinski definition) is 1. The Morgan fingerprint density at radius 3 is 2.76 bits per heavy atom. The Morgan fingerprint density at radius 2 is 1.94 bits per heavy atom. The van der Waals surface area contributed by atoms with Gasteiger partial charge < -0.3 is 4.98 Å². The van der Waals surface area contributed by atoms with E-state index in [9.17, 15) is 0 Å². The highest BCUT2D eigenvalue weighted by Gasteiger charge is 2.06. The molecule has 84 valence electrons. The summed E-state index contributed by atoms with van der Waals surface area (Å²) in [5.41, 5.74) is 1.82. The van der Waals surface area contributed by atoms with Gasteiger partial charge in [-0.1, -0.05) is 23.2 Å². The Bertz CT molecular complexity index is 691. The highest BCUT2D eigenvalue weighted by atomic mass is 35.5. The quantitative estimate of drug-likeness (QED) is 0.676. The van der Waals surface area contributed by atoms with Crippen LogP contribution in [0.15, 0.2) is 36.5 Å². The van der Waals surface area contributed by atoms with Crippen LogP contribution in [0.4, 0.5) is 0 Å². The maximum absolute atomic E-state index is 5.93. The van der Waals surface area contributed by atoms with Crippen molar-refractivity contribution in [2.45, 2.75) is 0 Å². The van der Waals surface area contributed by atoms with Crippen molar-refractivity contribution in [3.05, 3.63) is 46.7 Å². The molecule has 0 saturated heterocycles. The molecule has 0 spiro atoms. The minimum Gasteiger partial charge on any atom is -0.352 e. The average Bonchev–Trinajstić information content (AvgIpc) is 2.72. The molecule has 3 nitrogen and oxygen atoms in total. The summed E-state index contributed by atoms with van der Waals surface area (Å²) in [6.07, 6.45) is 1.63. The van der Waals surface area contributed by atoms with Crippen LogP contribution in [0, 0.1) is 0 Å². The SMILES string of the molecule is Clc1ccc2[nH]c(-c3nccc(Cl)n3)cc2c1. The van der Waals surface area contributed by atoms with Crippen molar-refractivity contribution in [2.75, 3.05) is 0 Å². The number of fused-ring (bicyclic) bond motifs is 1. The molecule has 3 rings (SSSR count). The third-order valence-corrected chi connectivity index (χ3v) is 2.89. The summed E-state index contributed by atoms with van der Waals surface area (Å²) >= 11 is 11.8. The number of rotatable bonds is 1. The van der Waals surface area contributed by atoms with Crippen molar-refractivity contribution in [1.29, 1.82) is 0 Å². The van der Waals surface area contributed by atoms with E-state index >= 15 is 0 Å². The van der Waals surface area contributed by atoms with Gasteiger partial charge in [-0.15, -0.1) is 0 Å². The van der Waals surface area contributed by atoms with Crippen molar-refractivity contribution in [3.63, 3.8) is 0 Å². The van der Waals surface area contributed by atoms with Gasteiger partial charge in [-0.05, 0) is 30.3 Å². The van der Waals surface area contributed by atoms with Crippen LogP contribution < -0.4 is 0 Å². The summed E-state index contributed by atoms with van der Waals surface area (Å²) < 4.78 is 0. The highest BCUT2D eigenvalue weighted by molar-refractivity contribution is 6.31. The zero-order chi connectivity index (χ0) is 11.8. The Hall–Kier alpha value is -1.58. The van der Waals surface area contributed by atoms with E-state index in [1.54, 1.807) is 12.3 Å². The van der Waals surface area contributed by atoms with E-state index in [4.69, 9.17) is 23.2 Å². The lowest BCUT2D eigenvalue weighted by molar-refractivity contribution is 1.16. The fraction of sp³-hybridized carbons (Fsp3) is 0. The second-order valence-electron chi connectivity index (χ2n) is 3.62. The van der Waals surface area contributed by atoms with E-state index in [0.717, 1.165) is 16.6 Å². The molecular formula is C12H7Cl2N3. The molecule has 0 fully saturated rings. The number of aromatic nitrogens is 3. The van der Waals surface area contributed by atoms with Gasteiger partial charge in [-0.2, -0.15) is 0 Å². The van der Waals surface area contributed by atoms with Gasteiger partial charge in [0.1, 0.15) is 5.15 Å². The largest absolute Gasteiger partial charge is 0.352 e. The lowest BCUT2D eigenvalue weighted by Gasteiger charge is -1.95. The van der Waals surface area contributed by atoms with E-state index in [1.165, 1.54) is 0 Å². The monoisotopic (exact) mass is 263 g/mol. The number of aromatic amines is 1. The van der Waals surface area contributed by atoms with Gasteiger partial charge in [0.25, 0.3) is 0 Å². The Kier molecular flexibility index (Phi) is 2.50. The number of nitrogens with one attached hydrogen (secondary N) is 1. The molecule has 1 aromatic carbocycles. The van der Waals surface area contributed by atoms with Crippen LogP contribution in [0.3, 0.4) is 0 Å². The topological polar surface area (TPSA) is 41.6 Å². The molecule has 2 heterocycles. The van der Waals surface area contributed by atoms with Crippen molar-refractivity contribution in [3.8, 4) is 11.5 Å². The summed E-state index contributed by atoms with van der Waals surface area (Å²) in [4.78, 5) is 11.5. The van der Waals surface area contributed by atoms with Crippen LogP contribution in [0.2, 0.25) is 10.2 Å². The molecule has 0 bridgehead atoms. The third-order valence-electron chi connectivity index (χ3n) is 2.45. The summed E-state index contributed by atoms with van der Waals surface area (Å²) in [6, 6.07) is 9.24. The Morgan fingerprint density at radius 1 is 1.06 bits per heavy atom. The lowest BCUT2D eigenvalue weighted by atomic mass is 10.2. The van der Waals surface area contributed by atoms with Crippen LogP contribution in [-0.2, 0) is 0 Å². The first kappa shape index (κ1) is 10.6. The summed E-state index contributed by atoms with van der Waals surface area (Å²) in [7, 11) is 0. The van der Waals surface area contributed by atoms with Crippen LogP contribution >= 0.6 is 23.2 Å². The van der Waals surface area contributed by atoms with E-state index in [-0.39, 0.29) is 0 Å². The maximum Gasteiger partial charge on any atom is 0.177 e. The van der Waals surface area contributed by atoms with Gasteiger partial charge >= 0.3 is 0 Å². The lowest BCUT2D eigenvalue weighted by Crippen LogP contribution is -1.87. The Labute approximate surface area is 107 Å². The number of halogens is 2. The standard InChI is InChI=1S/C12H7Cl2N3/c13-8-1-2-9-7(5-8)6-10(16-9)12-15-4-3-11(14)17-12/h1-6,16H. The van der Waals surface area contributed by atoms with Gasteiger partial charge in [0.05, 0.1) is 5.69 Å². The molecule has 0 aliphatic rings. The first-order chi connectivity index (χ1) is 8.22. The highest BCUT2D eigenvalue weighted by Crippen LogP contribution is 2.24. The van der Waals surface area contributed by atoms with E-state index in [2.05, 4.69) is 15.0 Å². The maximum atomic E-state index is 5.93. The van der Waals surface area contributed by atoms with Gasteiger partial charge in [-0.25, -0.2) is 9.97 Å². The molecule has 0 atom stereocenters. The van der Waals surface area contributed by atoms with Gasteiger partial charge in [0, 0.05) is 22.1 Å². The second-order valence-corrected chi connectivity index (χ2v) is 4.44. The van der Waals surface area contributed by atoms with Crippen LogP contribution in [0.5, 0.6) is 0 Å². The van der Waals surface area contributed by atoms with Crippen LogP contribution in [0.1, 0.15) is 0 Å².